The average molecular weight is 341 g/mol. The largest absolute Gasteiger partial charge is 0.341 e. The first-order valence-corrected chi connectivity index (χ1v) is 10.7. The summed E-state index contributed by atoms with van der Waals surface area (Å²) in [7, 11) is 0. The molecule has 4 rings (SSSR count). The monoisotopic (exact) mass is 340 g/mol. The SMILES string of the molecule is CC1(C)CC=C([C@@H]2O[C@H]3O[C@]2(C)CCC32SCCCS2)CC1. The Morgan fingerprint density at radius 3 is 2.55 bits per heavy atom. The van der Waals surface area contributed by atoms with Crippen molar-refractivity contribution in [2.24, 2.45) is 5.41 Å². The maximum Gasteiger partial charge on any atom is 0.182 e. The molecule has 0 unspecified atom stereocenters. The standard InChI is InChI=1S/C18H28O2S2/c1-16(2)7-5-13(6-8-16)14-17(3)9-10-18(15(19-14)20-17)21-11-4-12-22-18/h5,14-15H,4,6-12H2,1-3H3/t14-,15-,17+/m0/s1. The number of hydrogen-bond acceptors (Lipinski definition) is 4. The van der Waals surface area contributed by atoms with Crippen molar-refractivity contribution in [3.63, 3.8) is 0 Å². The zero-order chi connectivity index (χ0) is 15.4. The van der Waals surface area contributed by atoms with Crippen molar-refractivity contribution in [2.75, 3.05) is 11.5 Å². The van der Waals surface area contributed by atoms with Crippen LogP contribution in [0.4, 0.5) is 0 Å². The van der Waals surface area contributed by atoms with E-state index in [4.69, 9.17) is 9.47 Å². The number of rotatable bonds is 1. The Morgan fingerprint density at radius 1 is 1.09 bits per heavy atom. The summed E-state index contributed by atoms with van der Waals surface area (Å²) >= 11 is 4.17. The molecule has 3 fully saturated rings. The molecule has 124 valence electrons. The molecule has 0 aromatic heterocycles. The summed E-state index contributed by atoms with van der Waals surface area (Å²) in [6, 6.07) is 0. The van der Waals surface area contributed by atoms with Crippen LogP contribution in [0.3, 0.4) is 0 Å². The lowest BCUT2D eigenvalue weighted by molar-refractivity contribution is -0.116. The van der Waals surface area contributed by atoms with Gasteiger partial charge in [0.2, 0.25) is 0 Å². The zero-order valence-electron chi connectivity index (χ0n) is 14.0. The lowest BCUT2D eigenvalue weighted by atomic mass is 9.75. The molecule has 0 radical (unpaired) electrons. The summed E-state index contributed by atoms with van der Waals surface area (Å²) < 4.78 is 13.2. The van der Waals surface area contributed by atoms with Crippen molar-refractivity contribution >= 4 is 23.5 Å². The van der Waals surface area contributed by atoms with Gasteiger partial charge in [-0.1, -0.05) is 19.9 Å². The number of fused-ring (bicyclic) bond motifs is 3. The minimum absolute atomic E-state index is 0.0117. The maximum absolute atomic E-state index is 6.56. The van der Waals surface area contributed by atoms with Crippen LogP contribution in [0.15, 0.2) is 11.6 Å². The lowest BCUT2D eigenvalue weighted by Crippen LogP contribution is -2.47. The van der Waals surface area contributed by atoms with Crippen LogP contribution >= 0.6 is 23.5 Å². The van der Waals surface area contributed by atoms with Crippen LogP contribution in [-0.4, -0.2) is 33.6 Å². The zero-order valence-corrected chi connectivity index (χ0v) is 15.7. The van der Waals surface area contributed by atoms with Crippen LogP contribution in [0, 0.1) is 5.41 Å². The molecule has 2 bridgehead atoms. The molecular weight excluding hydrogens is 312 g/mol. The van der Waals surface area contributed by atoms with Crippen molar-refractivity contribution in [1.29, 1.82) is 0 Å². The van der Waals surface area contributed by atoms with Gasteiger partial charge in [-0.2, -0.15) is 0 Å². The van der Waals surface area contributed by atoms with Gasteiger partial charge in [-0.25, -0.2) is 0 Å². The van der Waals surface area contributed by atoms with Gasteiger partial charge in [-0.3, -0.25) is 0 Å². The lowest BCUT2D eigenvalue weighted by Gasteiger charge is -2.44. The predicted molar refractivity (Wildman–Crippen MR) is 95.4 cm³/mol. The van der Waals surface area contributed by atoms with Crippen LogP contribution in [0.1, 0.15) is 59.3 Å². The molecule has 22 heavy (non-hydrogen) atoms. The van der Waals surface area contributed by atoms with Crippen LogP contribution in [-0.2, 0) is 9.47 Å². The van der Waals surface area contributed by atoms with Gasteiger partial charge >= 0.3 is 0 Å². The summed E-state index contributed by atoms with van der Waals surface area (Å²) in [4.78, 5) is 0. The van der Waals surface area contributed by atoms with Crippen molar-refractivity contribution in [3.8, 4) is 0 Å². The fourth-order valence-corrected chi connectivity index (χ4v) is 7.46. The second-order valence-corrected chi connectivity index (χ2v) is 11.4. The predicted octanol–water partition coefficient (Wildman–Crippen LogP) is 4.98. The number of allylic oxidation sites excluding steroid dienone is 1. The van der Waals surface area contributed by atoms with E-state index in [0.717, 1.165) is 6.42 Å². The third-order valence-electron chi connectivity index (χ3n) is 5.85. The summed E-state index contributed by atoms with van der Waals surface area (Å²) in [5.74, 6) is 2.52. The smallest absolute Gasteiger partial charge is 0.182 e. The Kier molecular flexibility index (Phi) is 3.92. The fraction of sp³-hybridized carbons (Fsp3) is 0.889. The van der Waals surface area contributed by atoms with E-state index in [9.17, 15) is 0 Å². The minimum atomic E-state index is -0.0954. The topological polar surface area (TPSA) is 18.5 Å². The molecule has 4 heteroatoms. The van der Waals surface area contributed by atoms with E-state index in [2.05, 4.69) is 50.4 Å². The van der Waals surface area contributed by atoms with E-state index in [1.54, 1.807) is 0 Å². The number of ether oxygens (including phenoxy) is 2. The van der Waals surface area contributed by atoms with E-state index in [0.29, 0.717) is 5.41 Å². The Labute approximate surface area is 143 Å². The van der Waals surface area contributed by atoms with Crippen LogP contribution in [0.2, 0.25) is 0 Å². The second-order valence-electron chi connectivity index (χ2n) is 8.29. The quantitative estimate of drug-likeness (QED) is 0.626. The molecule has 3 saturated heterocycles. The highest BCUT2D eigenvalue weighted by atomic mass is 32.2. The molecule has 0 amide bonds. The molecule has 4 aliphatic rings. The maximum atomic E-state index is 6.56. The molecule has 1 spiro atoms. The van der Waals surface area contributed by atoms with Gasteiger partial charge in [0.05, 0.1) is 5.60 Å². The van der Waals surface area contributed by atoms with Gasteiger partial charge < -0.3 is 9.47 Å². The summed E-state index contributed by atoms with van der Waals surface area (Å²) in [5, 5.41) is 0. The molecule has 0 N–H and O–H groups in total. The molecule has 3 atom stereocenters. The summed E-state index contributed by atoms with van der Waals surface area (Å²) in [6.07, 6.45) is 9.95. The molecule has 3 aliphatic heterocycles. The van der Waals surface area contributed by atoms with Crippen molar-refractivity contribution in [3.05, 3.63) is 11.6 Å². The van der Waals surface area contributed by atoms with Crippen LogP contribution < -0.4 is 0 Å². The first-order valence-electron chi connectivity index (χ1n) is 8.73. The molecule has 0 saturated carbocycles. The Hall–Kier alpha value is 0.360. The van der Waals surface area contributed by atoms with Crippen molar-refractivity contribution in [1.82, 2.24) is 0 Å². The van der Waals surface area contributed by atoms with E-state index < -0.39 is 0 Å². The van der Waals surface area contributed by atoms with Gasteiger partial charge in [0.1, 0.15) is 10.2 Å². The Morgan fingerprint density at radius 2 is 1.86 bits per heavy atom. The minimum Gasteiger partial charge on any atom is -0.341 e. The number of thioether (sulfide) groups is 2. The van der Waals surface area contributed by atoms with Crippen molar-refractivity contribution < 1.29 is 9.47 Å². The Bertz CT molecular complexity index is 481. The van der Waals surface area contributed by atoms with E-state index in [-0.39, 0.29) is 22.1 Å². The Balaban J connectivity index is 1.55. The first kappa shape index (κ1) is 15.9. The second kappa shape index (κ2) is 5.44. The highest BCUT2D eigenvalue weighted by Crippen LogP contribution is 2.59. The highest BCUT2D eigenvalue weighted by molar-refractivity contribution is 8.18. The van der Waals surface area contributed by atoms with E-state index in [1.165, 1.54) is 49.2 Å². The summed E-state index contributed by atoms with van der Waals surface area (Å²) in [5.41, 5.74) is 1.86. The average Bonchev–Trinajstić information content (AvgIpc) is 2.80. The molecule has 0 aromatic rings. The van der Waals surface area contributed by atoms with Crippen molar-refractivity contribution in [2.45, 2.75) is 81.4 Å². The van der Waals surface area contributed by atoms with Gasteiger partial charge in [0, 0.05) is 0 Å². The van der Waals surface area contributed by atoms with Gasteiger partial charge in [-0.05, 0) is 67.9 Å². The number of hydrogen-bond donors (Lipinski definition) is 0. The summed E-state index contributed by atoms with van der Waals surface area (Å²) in [6.45, 7) is 7.02. The van der Waals surface area contributed by atoms with E-state index >= 15 is 0 Å². The highest BCUT2D eigenvalue weighted by Gasteiger charge is 2.60. The molecule has 3 heterocycles. The first-order chi connectivity index (χ1) is 10.4. The molecule has 0 aromatic carbocycles. The normalized spacial score (nSPS) is 43.1. The third kappa shape index (κ3) is 2.58. The molecule has 2 nitrogen and oxygen atoms in total. The van der Waals surface area contributed by atoms with Gasteiger partial charge in [-0.15, -0.1) is 23.5 Å². The fourth-order valence-electron chi connectivity index (χ4n) is 4.21. The van der Waals surface area contributed by atoms with Crippen LogP contribution in [0.25, 0.3) is 0 Å². The molecule has 1 aliphatic carbocycles. The van der Waals surface area contributed by atoms with Gasteiger partial charge in [0.25, 0.3) is 0 Å². The van der Waals surface area contributed by atoms with Crippen LogP contribution in [0.5, 0.6) is 0 Å². The van der Waals surface area contributed by atoms with Gasteiger partial charge in [0.15, 0.2) is 6.29 Å². The van der Waals surface area contributed by atoms with E-state index in [1.807, 2.05) is 0 Å². The molecular formula is C18H28O2S2. The third-order valence-corrected chi connectivity index (χ3v) is 9.31.